The van der Waals surface area contributed by atoms with Crippen molar-refractivity contribution in [3.8, 4) is 11.1 Å². The van der Waals surface area contributed by atoms with Crippen molar-refractivity contribution in [3.05, 3.63) is 94.5 Å². The summed E-state index contributed by atoms with van der Waals surface area (Å²) >= 11 is 6.22. The van der Waals surface area contributed by atoms with Crippen LogP contribution in [0.15, 0.2) is 72.8 Å². The molecule has 1 aliphatic carbocycles. The quantitative estimate of drug-likeness (QED) is 0.578. The summed E-state index contributed by atoms with van der Waals surface area (Å²) < 4.78 is 5.63. The molecule has 0 fully saturated rings. The summed E-state index contributed by atoms with van der Waals surface area (Å²) in [5, 5.41) is 9.58. The molecule has 3 N–H and O–H groups in total. The van der Waals surface area contributed by atoms with Crippen molar-refractivity contribution < 1.29 is 19.4 Å². The molecule has 0 saturated heterocycles. The number of ether oxygens (including phenoxy) is 1. The second-order valence-corrected chi connectivity index (χ2v) is 7.75. The van der Waals surface area contributed by atoms with Crippen LogP contribution in [0.1, 0.15) is 29.0 Å². The van der Waals surface area contributed by atoms with E-state index in [-0.39, 0.29) is 23.1 Å². The van der Waals surface area contributed by atoms with Crippen molar-refractivity contribution in [1.82, 2.24) is 0 Å². The van der Waals surface area contributed by atoms with Crippen molar-refractivity contribution >= 4 is 23.5 Å². The minimum atomic E-state index is -1.89. The predicted octanol–water partition coefficient (Wildman–Crippen LogP) is 4.32. The highest BCUT2D eigenvalue weighted by Crippen LogP contribution is 2.44. The molecule has 0 amide bonds. The number of benzene rings is 3. The van der Waals surface area contributed by atoms with E-state index in [2.05, 4.69) is 0 Å². The van der Waals surface area contributed by atoms with Crippen LogP contribution in [0.5, 0.6) is 0 Å². The van der Waals surface area contributed by atoms with Crippen LogP contribution >= 0.6 is 11.6 Å². The molecule has 4 rings (SSSR count). The van der Waals surface area contributed by atoms with Crippen LogP contribution in [-0.2, 0) is 19.9 Å². The van der Waals surface area contributed by atoms with Crippen LogP contribution in [0.2, 0.25) is 5.02 Å². The van der Waals surface area contributed by atoms with Gasteiger partial charge in [0.15, 0.2) is 5.54 Å². The smallest absolute Gasteiger partial charge is 0.331 e. The third-order valence-electron chi connectivity index (χ3n) is 5.49. The molecule has 3 aromatic carbocycles. The van der Waals surface area contributed by atoms with Crippen molar-refractivity contribution in [2.75, 3.05) is 6.61 Å². The Kier molecular flexibility index (Phi) is 5.33. The zero-order chi connectivity index (χ0) is 21.3. The summed E-state index contributed by atoms with van der Waals surface area (Å²) in [6, 6.07) is 22.4. The minimum absolute atomic E-state index is 0.0515. The summed E-state index contributed by atoms with van der Waals surface area (Å²) in [6.07, 6.45) is -0.632. The van der Waals surface area contributed by atoms with Crippen LogP contribution in [-0.4, -0.2) is 23.7 Å². The number of esters is 1. The van der Waals surface area contributed by atoms with Crippen LogP contribution in [0.3, 0.4) is 0 Å². The summed E-state index contributed by atoms with van der Waals surface area (Å²) in [7, 11) is 0. The molecule has 0 aliphatic heterocycles. The Morgan fingerprint density at radius 3 is 2.03 bits per heavy atom. The van der Waals surface area contributed by atoms with E-state index in [0.717, 1.165) is 22.3 Å². The molecule has 3 aromatic rings. The average Bonchev–Trinajstić information content (AvgIpc) is 3.05. The average molecular weight is 422 g/mol. The highest BCUT2D eigenvalue weighted by molar-refractivity contribution is 6.31. The number of halogens is 1. The lowest BCUT2D eigenvalue weighted by molar-refractivity contribution is -0.155. The van der Waals surface area contributed by atoms with E-state index in [1.807, 2.05) is 48.5 Å². The second-order valence-electron chi connectivity index (χ2n) is 7.35. The standard InChI is InChI=1S/C24H20ClNO4/c25-21-12-6-5-11-20(21)24(26,13-22(27)28)23(29)30-14-19-17-9-3-1-7-15(17)16-8-2-4-10-18(16)19/h1-12,19H,13-14,26H2,(H,27,28)/t24-/m0/s1. The van der Waals surface area contributed by atoms with Crippen molar-refractivity contribution in [2.45, 2.75) is 17.9 Å². The Labute approximate surface area is 179 Å². The number of carboxylic acid groups (broad SMARTS) is 1. The fourth-order valence-corrected chi connectivity index (χ4v) is 4.37. The van der Waals surface area contributed by atoms with Gasteiger partial charge in [0.2, 0.25) is 0 Å². The molecule has 1 aliphatic rings. The van der Waals surface area contributed by atoms with Crippen LogP contribution in [0, 0.1) is 0 Å². The van der Waals surface area contributed by atoms with E-state index in [1.54, 1.807) is 24.3 Å². The molecule has 0 unspecified atom stereocenters. The van der Waals surface area contributed by atoms with Gasteiger partial charge in [-0.3, -0.25) is 4.79 Å². The first-order chi connectivity index (χ1) is 14.4. The predicted molar refractivity (Wildman–Crippen MR) is 114 cm³/mol. The molecular weight excluding hydrogens is 402 g/mol. The number of carbonyl (C=O) groups excluding carboxylic acids is 1. The SMILES string of the molecule is N[C@](CC(=O)O)(C(=O)OCC1c2ccccc2-c2ccccc21)c1ccccc1Cl. The van der Waals surface area contributed by atoms with Gasteiger partial charge < -0.3 is 15.6 Å². The molecule has 0 aromatic heterocycles. The zero-order valence-corrected chi connectivity index (χ0v) is 16.8. The van der Waals surface area contributed by atoms with Gasteiger partial charge in [0.05, 0.1) is 6.42 Å². The lowest BCUT2D eigenvalue weighted by Crippen LogP contribution is -2.48. The van der Waals surface area contributed by atoms with Crippen molar-refractivity contribution in [3.63, 3.8) is 0 Å². The monoisotopic (exact) mass is 421 g/mol. The molecule has 1 atom stereocenters. The Balaban J connectivity index is 1.63. The first-order valence-corrected chi connectivity index (χ1v) is 9.91. The molecule has 0 bridgehead atoms. The number of nitrogens with two attached hydrogens (primary N) is 1. The third-order valence-corrected chi connectivity index (χ3v) is 5.82. The Morgan fingerprint density at radius 1 is 0.933 bits per heavy atom. The summed E-state index contributed by atoms with van der Waals surface area (Å²) in [5.74, 6) is -2.19. The highest BCUT2D eigenvalue weighted by atomic mass is 35.5. The largest absolute Gasteiger partial charge is 0.481 e. The number of fused-ring (bicyclic) bond motifs is 3. The summed E-state index contributed by atoms with van der Waals surface area (Å²) in [4.78, 5) is 24.5. The summed E-state index contributed by atoms with van der Waals surface area (Å²) in [6.45, 7) is 0.0515. The maximum absolute atomic E-state index is 13.1. The fraction of sp³-hybridized carbons (Fsp3) is 0.167. The maximum atomic E-state index is 13.1. The van der Waals surface area contributed by atoms with Gasteiger partial charge in [-0.25, -0.2) is 4.79 Å². The molecule has 6 heteroatoms. The van der Waals surface area contributed by atoms with Crippen molar-refractivity contribution in [2.24, 2.45) is 5.73 Å². The van der Waals surface area contributed by atoms with Crippen LogP contribution in [0.25, 0.3) is 11.1 Å². The highest BCUT2D eigenvalue weighted by Gasteiger charge is 2.42. The second kappa shape index (κ2) is 7.94. The van der Waals surface area contributed by atoms with Gasteiger partial charge in [-0.15, -0.1) is 0 Å². The van der Waals surface area contributed by atoms with Gasteiger partial charge >= 0.3 is 11.9 Å². The fourth-order valence-electron chi connectivity index (χ4n) is 4.07. The number of hydrogen-bond acceptors (Lipinski definition) is 4. The topological polar surface area (TPSA) is 89.6 Å². The van der Waals surface area contributed by atoms with Crippen LogP contribution < -0.4 is 5.73 Å². The Bertz CT molecular complexity index is 1080. The Morgan fingerprint density at radius 2 is 1.47 bits per heavy atom. The lowest BCUT2D eigenvalue weighted by atomic mass is 9.87. The summed E-state index contributed by atoms with van der Waals surface area (Å²) in [5.41, 5.74) is 8.96. The van der Waals surface area contributed by atoms with Gasteiger partial charge in [-0.2, -0.15) is 0 Å². The van der Waals surface area contributed by atoms with Gasteiger partial charge in [0.1, 0.15) is 6.61 Å². The maximum Gasteiger partial charge on any atom is 0.331 e. The Hall–Kier alpha value is -3.15. The number of aliphatic carboxylic acids is 1. The molecule has 0 radical (unpaired) electrons. The number of hydrogen-bond donors (Lipinski definition) is 2. The first kappa shape index (κ1) is 20.1. The minimum Gasteiger partial charge on any atom is -0.481 e. The third kappa shape index (κ3) is 3.47. The van der Waals surface area contributed by atoms with E-state index in [0.29, 0.717) is 0 Å². The first-order valence-electron chi connectivity index (χ1n) is 9.53. The van der Waals surface area contributed by atoms with E-state index in [9.17, 15) is 14.7 Å². The normalized spacial score (nSPS) is 14.5. The molecule has 0 saturated carbocycles. The van der Waals surface area contributed by atoms with Crippen molar-refractivity contribution in [1.29, 1.82) is 0 Å². The van der Waals surface area contributed by atoms with Gasteiger partial charge in [-0.1, -0.05) is 78.3 Å². The van der Waals surface area contributed by atoms with E-state index >= 15 is 0 Å². The lowest BCUT2D eigenvalue weighted by Gasteiger charge is -2.28. The molecule has 152 valence electrons. The van der Waals surface area contributed by atoms with E-state index < -0.39 is 23.9 Å². The number of carboxylic acids is 1. The molecule has 0 heterocycles. The van der Waals surface area contributed by atoms with Crippen LogP contribution in [0.4, 0.5) is 0 Å². The number of carbonyl (C=O) groups is 2. The van der Waals surface area contributed by atoms with Gasteiger partial charge in [0.25, 0.3) is 0 Å². The molecule has 30 heavy (non-hydrogen) atoms. The van der Waals surface area contributed by atoms with E-state index in [1.165, 1.54) is 0 Å². The van der Waals surface area contributed by atoms with Gasteiger partial charge in [-0.05, 0) is 28.3 Å². The number of rotatable bonds is 6. The molecule has 5 nitrogen and oxygen atoms in total. The molecular formula is C24H20ClNO4. The molecule has 0 spiro atoms. The van der Waals surface area contributed by atoms with Gasteiger partial charge in [0, 0.05) is 16.5 Å². The van der Waals surface area contributed by atoms with E-state index in [4.69, 9.17) is 22.1 Å². The zero-order valence-electron chi connectivity index (χ0n) is 16.0.